The van der Waals surface area contributed by atoms with Crippen molar-refractivity contribution < 1.29 is 4.79 Å². The molecule has 3 N–H and O–H groups in total. The molecule has 96 valence electrons. The smallest absolute Gasteiger partial charge is 0.290 e. The summed E-state index contributed by atoms with van der Waals surface area (Å²) in [6.45, 7) is 5.04. The van der Waals surface area contributed by atoms with Crippen molar-refractivity contribution in [2.45, 2.75) is 20.4 Å². The topological polar surface area (TPSA) is 77.9 Å². The number of nitrogens with one attached hydrogen (secondary N) is 1. The summed E-state index contributed by atoms with van der Waals surface area (Å²) in [6, 6.07) is 3.89. The number of aryl methyl sites for hydroxylation is 2. The first-order chi connectivity index (χ1) is 8.61. The zero-order valence-corrected chi connectivity index (χ0v) is 10.6. The van der Waals surface area contributed by atoms with Crippen molar-refractivity contribution in [3.63, 3.8) is 0 Å². The van der Waals surface area contributed by atoms with Gasteiger partial charge in [0.05, 0.1) is 6.33 Å². The summed E-state index contributed by atoms with van der Waals surface area (Å²) in [5.74, 6) is -0.229. The zero-order valence-electron chi connectivity index (χ0n) is 10.6. The van der Waals surface area contributed by atoms with E-state index in [4.69, 9.17) is 5.73 Å². The SMILES string of the molecule is Cc1ccc(C)n1NC(=O)c1cn(CCN)cn1. The third kappa shape index (κ3) is 2.43. The van der Waals surface area contributed by atoms with Crippen LogP contribution in [0.15, 0.2) is 24.7 Å². The first-order valence-corrected chi connectivity index (χ1v) is 5.80. The molecule has 0 radical (unpaired) electrons. The van der Waals surface area contributed by atoms with Crippen LogP contribution in [0.4, 0.5) is 0 Å². The standard InChI is InChI=1S/C12H17N5O/c1-9-3-4-10(2)17(9)15-12(18)11-7-16(6-5-13)8-14-11/h3-4,7-8H,5-6,13H2,1-2H3,(H,15,18). The van der Waals surface area contributed by atoms with E-state index in [9.17, 15) is 4.79 Å². The highest BCUT2D eigenvalue weighted by Gasteiger charge is 2.11. The Morgan fingerprint density at radius 1 is 1.39 bits per heavy atom. The highest BCUT2D eigenvalue weighted by Crippen LogP contribution is 2.05. The highest BCUT2D eigenvalue weighted by atomic mass is 16.2. The van der Waals surface area contributed by atoms with E-state index in [1.165, 1.54) is 0 Å². The monoisotopic (exact) mass is 247 g/mol. The van der Waals surface area contributed by atoms with Crippen LogP contribution in [-0.4, -0.2) is 26.7 Å². The molecule has 2 heterocycles. The summed E-state index contributed by atoms with van der Waals surface area (Å²) in [5.41, 5.74) is 10.6. The molecule has 0 unspecified atom stereocenters. The minimum absolute atomic E-state index is 0.229. The van der Waals surface area contributed by atoms with E-state index in [2.05, 4.69) is 10.4 Å². The van der Waals surface area contributed by atoms with E-state index in [0.29, 0.717) is 18.8 Å². The molecule has 0 spiro atoms. The Balaban J connectivity index is 2.12. The third-order valence-electron chi connectivity index (χ3n) is 2.74. The zero-order chi connectivity index (χ0) is 13.1. The number of amides is 1. The molecule has 2 aromatic heterocycles. The molecule has 2 aromatic rings. The van der Waals surface area contributed by atoms with Crippen LogP contribution in [0.25, 0.3) is 0 Å². The second-order valence-electron chi connectivity index (χ2n) is 4.18. The molecule has 0 saturated carbocycles. The summed E-state index contributed by atoms with van der Waals surface area (Å²) < 4.78 is 3.54. The highest BCUT2D eigenvalue weighted by molar-refractivity contribution is 5.98. The molecule has 0 aliphatic carbocycles. The van der Waals surface area contributed by atoms with Crippen molar-refractivity contribution in [3.8, 4) is 0 Å². The van der Waals surface area contributed by atoms with E-state index < -0.39 is 0 Å². The number of carbonyl (C=O) groups excluding carboxylic acids is 1. The average molecular weight is 247 g/mol. The molecule has 0 aromatic carbocycles. The van der Waals surface area contributed by atoms with Crippen LogP contribution in [0.5, 0.6) is 0 Å². The number of carbonyl (C=O) groups is 1. The first-order valence-electron chi connectivity index (χ1n) is 5.80. The summed E-state index contributed by atoms with van der Waals surface area (Å²) in [4.78, 5) is 16.1. The van der Waals surface area contributed by atoms with Crippen LogP contribution < -0.4 is 11.2 Å². The van der Waals surface area contributed by atoms with Gasteiger partial charge in [-0.05, 0) is 26.0 Å². The number of rotatable bonds is 4. The number of hydrogen-bond donors (Lipinski definition) is 2. The molecular weight excluding hydrogens is 230 g/mol. The van der Waals surface area contributed by atoms with Crippen LogP contribution in [-0.2, 0) is 6.54 Å². The lowest BCUT2D eigenvalue weighted by Crippen LogP contribution is -2.25. The van der Waals surface area contributed by atoms with Gasteiger partial charge in [-0.1, -0.05) is 0 Å². The van der Waals surface area contributed by atoms with Crippen molar-refractivity contribution in [1.29, 1.82) is 0 Å². The van der Waals surface area contributed by atoms with E-state index in [1.807, 2.05) is 26.0 Å². The van der Waals surface area contributed by atoms with E-state index in [-0.39, 0.29) is 5.91 Å². The van der Waals surface area contributed by atoms with Crippen molar-refractivity contribution in [3.05, 3.63) is 41.7 Å². The number of imidazole rings is 1. The number of aromatic nitrogens is 3. The minimum Gasteiger partial charge on any atom is -0.335 e. The van der Waals surface area contributed by atoms with Gasteiger partial charge in [0, 0.05) is 30.7 Å². The van der Waals surface area contributed by atoms with Crippen LogP contribution in [0.1, 0.15) is 21.9 Å². The Labute approximate surface area is 105 Å². The fraction of sp³-hybridized carbons (Fsp3) is 0.333. The molecule has 0 aliphatic heterocycles. The predicted octanol–water partition coefficient (Wildman–Crippen LogP) is 0.644. The Morgan fingerprint density at radius 2 is 2.06 bits per heavy atom. The maximum Gasteiger partial charge on any atom is 0.290 e. The molecule has 0 saturated heterocycles. The first kappa shape index (κ1) is 12.4. The van der Waals surface area contributed by atoms with E-state index in [1.54, 1.807) is 21.8 Å². The molecule has 0 aliphatic rings. The van der Waals surface area contributed by atoms with Gasteiger partial charge in [0.15, 0.2) is 0 Å². The van der Waals surface area contributed by atoms with Gasteiger partial charge in [0.25, 0.3) is 5.91 Å². The largest absolute Gasteiger partial charge is 0.335 e. The van der Waals surface area contributed by atoms with Crippen LogP contribution in [0.2, 0.25) is 0 Å². The maximum atomic E-state index is 12.0. The normalized spacial score (nSPS) is 10.6. The predicted molar refractivity (Wildman–Crippen MR) is 68.9 cm³/mol. The van der Waals surface area contributed by atoms with Crippen molar-refractivity contribution in [2.24, 2.45) is 5.73 Å². The van der Waals surface area contributed by atoms with Gasteiger partial charge in [-0.15, -0.1) is 0 Å². The molecule has 1 amide bonds. The Morgan fingerprint density at radius 3 is 2.67 bits per heavy atom. The summed E-state index contributed by atoms with van der Waals surface area (Å²) in [5, 5.41) is 0. The van der Waals surface area contributed by atoms with Gasteiger partial charge in [0.2, 0.25) is 0 Å². The molecular formula is C12H17N5O. The van der Waals surface area contributed by atoms with Gasteiger partial charge >= 0.3 is 0 Å². The van der Waals surface area contributed by atoms with Crippen molar-refractivity contribution in [2.75, 3.05) is 12.0 Å². The maximum absolute atomic E-state index is 12.0. The van der Waals surface area contributed by atoms with Crippen molar-refractivity contribution in [1.82, 2.24) is 14.2 Å². The van der Waals surface area contributed by atoms with E-state index in [0.717, 1.165) is 11.4 Å². The molecule has 0 atom stereocenters. The third-order valence-corrected chi connectivity index (χ3v) is 2.74. The van der Waals surface area contributed by atoms with Crippen LogP contribution in [0, 0.1) is 13.8 Å². The second kappa shape index (κ2) is 5.05. The van der Waals surface area contributed by atoms with Gasteiger partial charge in [-0.2, -0.15) is 0 Å². The lowest BCUT2D eigenvalue weighted by atomic mass is 10.4. The van der Waals surface area contributed by atoms with Gasteiger partial charge in [-0.25, -0.2) is 4.98 Å². The van der Waals surface area contributed by atoms with Crippen molar-refractivity contribution >= 4 is 5.91 Å². The summed E-state index contributed by atoms with van der Waals surface area (Å²) in [6.07, 6.45) is 3.30. The summed E-state index contributed by atoms with van der Waals surface area (Å²) >= 11 is 0. The van der Waals surface area contributed by atoms with Gasteiger partial charge in [0.1, 0.15) is 5.69 Å². The Kier molecular flexibility index (Phi) is 3.47. The molecule has 6 nitrogen and oxygen atoms in total. The number of nitrogens with zero attached hydrogens (tertiary/aromatic N) is 3. The average Bonchev–Trinajstić information content (AvgIpc) is 2.91. The van der Waals surface area contributed by atoms with Gasteiger partial charge in [-0.3, -0.25) is 14.9 Å². The fourth-order valence-corrected chi connectivity index (χ4v) is 1.75. The lowest BCUT2D eigenvalue weighted by molar-refractivity contribution is 0.100. The molecule has 0 bridgehead atoms. The lowest BCUT2D eigenvalue weighted by Gasteiger charge is -2.09. The number of nitrogens with two attached hydrogens (primary N) is 1. The molecule has 0 fully saturated rings. The quantitative estimate of drug-likeness (QED) is 0.832. The minimum atomic E-state index is -0.229. The van der Waals surface area contributed by atoms with E-state index >= 15 is 0 Å². The second-order valence-corrected chi connectivity index (χ2v) is 4.18. The Bertz CT molecular complexity index is 535. The molecule has 18 heavy (non-hydrogen) atoms. The Hall–Kier alpha value is -2.08. The molecule has 6 heteroatoms. The fourth-order valence-electron chi connectivity index (χ4n) is 1.75. The van der Waals surface area contributed by atoms with Crippen LogP contribution >= 0.6 is 0 Å². The molecule has 2 rings (SSSR count). The summed E-state index contributed by atoms with van der Waals surface area (Å²) in [7, 11) is 0. The van der Waals surface area contributed by atoms with Crippen LogP contribution in [0.3, 0.4) is 0 Å². The van der Waals surface area contributed by atoms with Gasteiger partial charge < -0.3 is 10.3 Å². The number of hydrogen-bond acceptors (Lipinski definition) is 3.